The molecule has 0 spiro atoms. The molecule has 0 radical (unpaired) electrons. The number of fused-ring (bicyclic) bond motifs is 1. The number of halogens is 2. The van der Waals surface area contributed by atoms with E-state index in [1.165, 1.54) is 33.4 Å². The first-order valence-electron chi connectivity index (χ1n) is 8.11. The quantitative estimate of drug-likeness (QED) is 0.769. The number of benzene rings is 1. The lowest BCUT2D eigenvalue weighted by Gasteiger charge is -2.19. The fourth-order valence-electron chi connectivity index (χ4n) is 3.06. The van der Waals surface area contributed by atoms with E-state index in [0.717, 1.165) is 4.52 Å². The fourth-order valence-corrected chi connectivity index (χ4v) is 3.06. The van der Waals surface area contributed by atoms with E-state index in [4.69, 9.17) is 0 Å². The van der Waals surface area contributed by atoms with E-state index in [9.17, 15) is 8.78 Å². The summed E-state index contributed by atoms with van der Waals surface area (Å²) >= 11 is 0. The van der Waals surface area contributed by atoms with Crippen molar-refractivity contribution in [2.24, 2.45) is 0 Å². The van der Waals surface area contributed by atoms with E-state index in [-0.39, 0.29) is 0 Å². The molecule has 0 bridgehead atoms. The highest BCUT2D eigenvalue weighted by atomic mass is 19.3. The highest BCUT2D eigenvalue weighted by Gasteiger charge is 2.17. The van der Waals surface area contributed by atoms with Crippen LogP contribution in [-0.2, 0) is 6.54 Å². The van der Waals surface area contributed by atoms with Crippen molar-refractivity contribution in [3.05, 3.63) is 51.3 Å². The molecule has 25 heavy (non-hydrogen) atoms. The maximum atomic E-state index is 13.0. The summed E-state index contributed by atoms with van der Waals surface area (Å²) < 4.78 is 27.0. The summed E-state index contributed by atoms with van der Waals surface area (Å²) in [6.45, 7) is 11.2. The Kier molecular flexibility index (Phi) is 4.41. The van der Waals surface area contributed by atoms with E-state index in [1.807, 2.05) is 0 Å². The van der Waals surface area contributed by atoms with Crippen molar-refractivity contribution in [1.29, 1.82) is 0 Å². The Bertz CT molecular complexity index is 917. The minimum atomic E-state index is -2.72. The maximum Gasteiger partial charge on any atom is 0.299 e. The molecule has 0 aliphatic heterocycles. The van der Waals surface area contributed by atoms with Crippen molar-refractivity contribution in [3.63, 3.8) is 0 Å². The molecule has 3 aromatic rings. The van der Waals surface area contributed by atoms with Gasteiger partial charge in [-0.15, -0.1) is 15.3 Å². The van der Waals surface area contributed by atoms with Crippen LogP contribution < -0.4 is 5.32 Å². The van der Waals surface area contributed by atoms with Crippen molar-refractivity contribution in [1.82, 2.24) is 19.8 Å². The highest BCUT2D eigenvalue weighted by Crippen LogP contribution is 2.26. The number of nitrogens with zero attached hydrogens (tertiary/aromatic N) is 4. The smallest absolute Gasteiger partial charge is 0.299 e. The van der Waals surface area contributed by atoms with Gasteiger partial charge in [0.15, 0.2) is 5.65 Å². The van der Waals surface area contributed by atoms with Gasteiger partial charge in [-0.25, -0.2) is 8.78 Å². The van der Waals surface area contributed by atoms with Gasteiger partial charge in [-0.1, -0.05) is 0 Å². The summed E-state index contributed by atoms with van der Waals surface area (Å²) in [6, 6.07) is 3.34. The third-order valence-corrected chi connectivity index (χ3v) is 5.08. The standard InChI is InChI=1S/C18H21F2N5/c1-9-10(2)12(4)14(13(5)11(9)3)8-21-15-6-7-16-22-23-18(17(19)20)25(16)24-15/h6-7,17H,8H2,1-5H3,(H,21,24). The van der Waals surface area contributed by atoms with Gasteiger partial charge in [-0.3, -0.25) is 0 Å². The van der Waals surface area contributed by atoms with Crippen LogP contribution in [-0.4, -0.2) is 19.8 Å². The van der Waals surface area contributed by atoms with Gasteiger partial charge in [0.05, 0.1) is 0 Å². The van der Waals surface area contributed by atoms with Crippen LogP contribution in [0.4, 0.5) is 14.6 Å². The average Bonchev–Trinajstić information content (AvgIpc) is 3.01. The highest BCUT2D eigenvalue weighted by molar-refractivity contribution is 5.51. The molecule has 0 unspecified atom stereocenters. The molecule has 0 amide bonds. The van der Waals surface area contributed by atoms with Crippen LogP contribution in [0.2, 0.25) is 0 Å². The molecule has 2 aromatic heterocycles. The Morgan fingerprint density at radius 1 is 0.920 bits per heavy atom. The van der Waals surface area contributed by atoms with Crippen LogP contribution in [0.3, 0.4) is 0 Å². The zero-order valence-electron chi connectivity index (χ0n) is 15.0. The minimum Gasteiger partial charge on any atom is -0.365 e. The van der Waals surface area contributed by atoms with Gasteiger partial charge in [0.25, 0.3) is 6.43 Å². The Morgan fingerprint density at radius 2 is 1.52 bits per heavy atom. The number of hydrogen-bond donors (Lipinski definition) is 1. The molecule has 132 valence electrons. The van der Waals surface area contributed by atoms with Crippen LogP contribution >= 0.6 is 0 Å². The van der Waals surface area contributed by atoms with Gasteiger partial charge >= 0.3 is 0 Å². The first-order valence-corrected chi connectivity index (χ1v) is 8.11. The van der Waals surface area contributed by atoms with Crippen molar-refractivity contribution in [2.75, 3.05) is 5.32 Å². The SMILES string of the molecule is Cc1c(C)c(C)c(CNc2ccc3nnc(C(F)F)n3n2)c(C)c1C. The maximum absolute atomic E-state index is 13.0. The number of rotatable bonds is 4. The molecule has 0 saturated carbocycles. The first-order chi connectivity index (χ1) is 11.8. The summed E-state index contributed by atoms with van der Waals surface area (Å²) in [6.07, 6.45) is -2.72. The van der Waals surface area contributed by atoms with Crippen LogP contribution in [0.25, 0.3) is 5.65 Å². The van der Waals surface area contributed by atoms with E-state index < -0.39 is 12.2 Å². The number of aromatic nitrogens is 4. The number of anilines is 1. The van der Waals surface area contributed by atoms with Crippen molar-refractivity contribution >= 4 is 11.5 Å². The Morgan fingerprint density at radius 3 is 2.12 bits per heavy atom. The molecule has 0 fully saturated rings. The summed E-state index contributed by atoms with van der Waals surface area (Å²) in [5.74, 6) is 0.0527. The molecular weight excluding hydrogens is 324 g/mol. The van der Waals surface area contributed by atoms with Crippen LogP contribution in [0.5, 0.6) is 0 Å². The Hall–Kier alpha value is -2.57. The van der Waals surface area contributed by atoms with Gasteiger partial charge in [0.1, 0.15) is 5.82 Å². The van der Waals surface area contributed by atoms with Crippen molar-refractivity contribution in [2.45, 2.75) is 47.6 Å². The third-order valence-electron chi connectivity index (χ3n) is 5.08. The van der Waals surface area contributed by atoms with E-state index in [2.05, 4.69) is 55.2 Å². The molecule has 0 aliphatic carbocycles. The lowest BCUT2D eigenvalue weighted by Crippen LogP contribution is -2.10. The first kappa shape index (κ1) is 17.3. The molecule has 3 rings (SSSR count). The summed E-state index contributed by atoms with van der Waals surface area (Å²) in [5.41, 5.74) is 7.86. The second-order valence-corrected chi connectivity index (χ2v) is 6.30. The van der Waals surface area contributed by atoms with Crippen molar-refractivity contribution in [3.8, 4) is 0 Å². The third kappa shape index (κ3) is 2.94. The predicted molar refractivity (Wildman–Crippen MR) is 93.2 cm³/mol. The van der Waals surface area contributed by atoms with Gasteiger partial charge in [0, 0.05) is 6.54 Å². The summed E-state index contributed by atoms with van der Waals surface area (Å²) in [4.78, 5) is 0. The van der Waals surface area contributed by atoms with E-state index >= 15 is 0 Å². The monoisotopic (exact) mass is 345 g/mol. The molecule has 0 atom stereocenters. The number of alkyl halides is 2. The second-order valence-electron chi connectivity index (χ2n) is 6.30. The topological polar surface area (TPSA) is 55.1 Å². The molecule has 1 aromatic carbocycles. The molecule has 1 N–H and O–H groups in total. The van der Waals surface area contributed by atoms with Crippen LogP contribution in [0.15, 0.2) is 12.1 Å². The molecule has 7 heteroatoms. The molecular formula is C18H21F2N5. The van der Waals surface area contributed by atoms with Gasteiger partial charge in [-0.05, 0) is 80.1 Å². The molecule has 5 nitrogen and oxygen atoms in total. The van der Waals surface area contributed by atoms with Crippen LogP contribution in [0.1, 0.15) is 45.6 Å². The lowest BCUT2D eigenvalue weighted by atomic mass is 9.89. The largest absolute Gasteiger partial charge is 0.365 e. The summed E-state index contributed by atoms with van der Waals surface area (Å²) in [7, 11) is 0. The zero-order valence-corrected chi connectivity index (χ0v) is 15.0. The second kappa shape index (κ2) is 6.38. The average molecular weight is 345 g/mol. The summed E-state index contributed by atoms with van der Waals surface area (Å²) in [5, 5.41) is 14.6. The van der Waals surface area contributed by atoms with E-state index in [0.29, 0.717) is 18.0 Å². The zero-order chi connectivity index (χ0) is 18.3. The van der Waals surface area contributed by atoms with Gasteiger partial charge in [0.2, 0.25) is 5.82 Å². The normalized spacial score (nSPS) is 11.5. The fraction of sp³-hybridized carbons (Fsp3) is 0.389. The minimum absolute atomic E-state index is 0.301. The van der Waals surface area contributed by atoms with E-state index in [1.54, 1.807) is 12.1 Å². The lowest BCUT2D eigenvalue weighted by molar-refractivity contribution is 0.137. The van der Waals surface area contributed by atoms with Gasteiger partial charge in [-0.2, -0.15) is 4.52 Å². The van der Waals surface area contributed by atoms with Gasteiger partial charge < -0.3 is 5.32 Å². The van der Waals surface area contributed by atoms with Crippen molar-refractivity contribution < 1.29 is 8.78 Å². The van der Waals surface area contributed by atoms with Crippen LogP contribution in [0, 0.1) is 34.6 Å². The molecule has 0 aliphatic rings. The number of nitrogens with one attached hydrogen (secondary N) is 1. The Labute approximate surface area is 145 Å². The number of hydrogen-bond acceptors (Lipinski definition) is 4. The molecule has 2 heterocycles. The Balaban J connectivity index is 1.92. The molecule has 0 saturated heterocycles. The predicted octanol–water partition coefficient (Wildman–Crippen LogP) is 4.22.